The Labute approximate surface area is 233 Å². The molecule has 0 aliphatic carbocycles. The van der Waals surface area contributed by atoms with Gasteiger partial charge in [-0.25, -0.2) is 9.59 Å². The molecule has 12 heteroatoms. The van der Waals surface area contributed by atoms with Crippen LogP contribution in [0.25, 0.3) is 11.0 Å². The Balaban J connectivity index is 1.44. The van der Waals surface area contributed by atoms with Crippen LogP contribution in [0.2, 0.25) is 0 Å². The van der Waals surface area contributed by atoms with E-state index in [4.69, 9.17) is 9.47 Å². The SMILES string of the molecule is CN(CCOCC#Cc1ccc2c(c1)n(C)c(=O)n2C1CCC(=O)NC1=O)C(=O)CCCNC(=O)OC(C)(C)C. The molecule has 1 aromatic carbocycles. The highest BCUT2D eigenvalue weighted by atomic mass is 16.6. The van der Waals surface area contributed by atoms with Gasteiger partial charge in [-0.1, -0.05) is 11.8 Å². The van der Waals surface area contributed by atoms with Gasteiger partial charge < -0.3 is 19.7 Å². The second-order valence-electron chi connectivity index (χ2n) is 10.6. The van der Waals surface area contributed by atoms with Crippen LogP contribution in [0.5, 0.6) is 0 Å². The number of hydrogen-bond acceptors (Lipinski definition) is 7. The number of carbonyl (C=O) groups excluding carboxylic acids is 4. The first kappa shape index (κ1) is 30.4. The minimum absolute atomic E-state index is 0.0520. The number of piperidine rings is 1. The lowest BCUT2D eigenvalue weighted by Crippen LogP contribution is -2.44. The van der Waals surface area contributed by atoms with Crippen LogP contribution in [-0.2, 0) is 30.9 Å². The molecule has 40 heavy (non-hydrogen) atoms. The zero-order valence-corrected chi connectivity index (χ0v) is 23.7. The number of imide groups is 1. The highest BCUT2D eigenvalue weighted by molar-refractivity contribution is 6.00. The molecule has 0 spiro atoms. The van der Waals surface area contributed by atoms with Crippen LogP contribution < -0.4 is 16.3 Å². The molecular formula is C28H37N5O7. The molecule has 1 aromatic heterocycles. The van der Waals surface area contributed by atoms with E-state index in [1.165, 1.54) is 9.13 Å². The van der Waals surface area contributed by atoms with Crippen molar-refractivity contribution in [2.45, 2.75) is 58.1 Å². The van der Waals surface area contributed by atoms with Crippen molar-refractivity contribution in [3.63, 3.8) is 0 Å². The lowest BCUT2D eigenvalue weighted by molar-refractivity contribution is -0.135. The zero-order valence-electron chi connectivity index (χ0n) is 23.7. The molecule has 0 saturated carbocycles. The van der Waals surface area contributed by atoms with Crippen LogP contribution in [0.15, 0.2) is 23.0 Å². The smallest absolute Gasteiger partial charge is 0.407 e. The molecule has 1 aliphatic heterocycles. The second-order valence-corrected chi connectivity index (χ2v) is 10.6. The third kappa shape index (κ3) is 8.19. The summed E-state index contributed by atoms with van der Waals surface area (Å²) in [5.41, 5.74) is 1.00. The molecule has 0 bridgehead atoms. The highest BCUT2D eigenvalue weighted by Gasteiger charge is 2.31. The van der Waals surface area contributed by atoms with Crippen LogP contribution in [0.3, 0.4) is 0 Å². The Kier molecular flexibility index (Phi) is 10.1. The molecular weight excluding hydrogens is 518 g/mol. The van der Waals surface area contributed by atoms with Gasteiger partial charge in [0.15, 0.2) is 0 Å². The van der Waals surface area contributed by atoms with Crippen molar-refractivity contribution in [2.75, 3.05) is 33.4 Å². The van der Waals surface area contributed by atoms with Crippen LogP contribution in [-0.4, -0.2) is 76.8 Å². The lowest BCUT2D eigenvalue weighted by atomic mass is 10.1. The number of benzene rings is 1. The van der Waals surface area contributed by atoms with Crippen LogP contribution in [0, 0.1) is 11.8 Å². The largest absolute Gasteiger partial charge is 0.444 e. The summed E-state index contributed by atoms with van der Waals surface area (Å²) in [7, 11) is 3.32. The van der Waals surface area contributed by atoms with Crippen molar-refractivity contribution < 1.29 is 28.7 Å². The Hall–Kier alpha value is -4.11. The minimum atomic E-state index is -0.738. The summed E-state index contributed by atoms with van der Waals surface area (Å²) in [6, 6.07) is 4.55. The number of nitrogens with one attached hydrogen (secondary N) is 2. The standard InChI is InChI=1S/C28H37N5O7/c1-28(2,3)40-26(37)29-14-6-9-24(35)31(4)15-17-39-16-7-8-19-10-11-20-22(18-19)32(5)27(38)33(20)21-12-13-23(34)30-25(21)36/h10-11,18,21H,6,9,12-17H2,1-5H3,(H,29,37)(H,30,34,36). The number of nitrogens with zero attached hydrogens (tertiary/aromatic N) is 3. The molecule has 3 rings (SSSR count). The topological polar surface area (TPSA) is 141 Å². The number of fused-ring (bicyclic) bond motifs is 1. The number of rotatable bonds is 9. The number of likely N-dealkylation sites (N-methyl/N-ethyl adjacent to an activating group) is 1. The molecule has 0 radical (unpaired) electrons. The number of carbonyl (C=O) groups is 4. The molecule has 1 unspecified atom stereocenters. The van der Waals surface area contributed by atoms with Gasteiger partial charge in [-0.05, 0) is 51.8 Å². The predicted octanol–water partition coefficient (Wildman–Crippen LogP) is 1.45. The summed E-state index contributed by atoms with van der Waals surface area (Å²) < 4.78 is 13.6. The van der Waals surface area contributed by atoms with E-state index in [1.54, 1.807) is 58.0 Å². The molecule has 12 nitrogen and oxygen atoms in total. The van der Waals surface area contributed by atoms with Crippen molar-refractivity contribution in [1.29, 1.82) is 0 Å². The summed E-state index contributed by atoms with van der Waals surface area (Å²) in [6.45, 7) is 6.59. The number of amides is 4. The molecule has 2 N–H and O–H groups in total. The second kappa shape index (κ2) is 13.3. The normalized spacial score (nSPS) is 15.3. The summed E-state index contributed by atoms with van der Waals surface area (Å²) >= 11 is 0. The fourth-order valence-electron chi connectivity index (χ4n) is 4.19. The Morgan fingerprint density at radius 2 is 1.95 bits per heavy atom. The van der Waals surface area contributed by atoms with Gasteiger partial charge >= 0.3 is 11.8 Å². The number of ether oxygens (including phenoxy) is 2. The van der Waals surface area contributed by atoms with Crippen LogP contribution in [0.1, 0.15) is 58.1 Å². The monoisotopic (exact) mass is 555 g/mol. The van der Waals surface area contributed by atoms with E-state index in [-0.39, 0.29) is 37.0 Å². The van der Waals surface area contributed by atoms with Gasteiger partial charge in [0.25, 0.3) is 0 Å². The van der Waals surface area contributed by atoms with E-state index < -0.39 is 23.6 Å². The average molecular weight is 556 g/mol. The number of alkyl carbamates (subject to hydrolysis) is 1. The first-order chi connectivity index (χ1) is 18.9. The third-order valence-electron chi connectivity index (χ3n) is 6.25. The van der Waals surface area contributed by atoms with Gasteiger partial charge in [-0.3, -0.25) is 28.8 Å². The van der Waals surface area contributed by atoms with Gasteiger partial charge in [0.05, 0.1) is 17.6 Å². The Morgan fingerprint density at radius 1 is 1.20 bits per heavy atom. The van der Waals surface area contributed by atoms with Crippen molar-refractivity contribution in [3.8, 4) is 11.8 Å². The van der Waals surface area contributed by atoms with E-state index in [0.29, 0.717) is 49.1 Å². The van der Waals surface area contributed by atoms with Crippen LogP contribution >= 0.6 is 0 Å². The summed E-state index contributed by atoms with van der Waals surface area (Å²) in [4.78, 5) is 62.1. The van der Waals surface area contributed by atoms with Gasteiger partial charge in [-0.15, -0.1) is 0 Å². The van der Waals surface area contributed by atoms with E-state index in [9.17, 15) is 24.0 Å². The van der Waals surface area contributed by atoms with Crippen molar-refractivity contribution >= 4 is 34.8 Å². The van der Waals surface area contributed by atoms with E-state index in [2.05, 4.69) is 22.5 Å². The zero-order chi connectivity index (χ0) is 29.4. The molecule has 1 saturated heterocycles. The van der Waals surface area contributed by atoms with E-state index in [0.717, 1.165) is 0 Å². The van der Waals surface area contributed by atoms with Crippen molar-refractivity contribution in [3.05, 3.63) is 34.2 Å². The number of imidazole rings is 1. The first-order valence-electron chi connectivity index (χ1n) is 13.2. The number of aromatic nitrogens is 2. The van der Waals surface area contributed by atoms with Crippen molar-refractivity contribution in [1.82, 2.24) is 24.7 Å². The third-order valence-corrected chi connectivity index (χ3v) is 6.25. The molecule has 216 valence electrons. The average Bonchev–Trinajstić information content (AvgIpc) is 3.12. The number of aryl methyl sites for hydroxylation is 1. The van der Waals surface area contributed by atoms with Crippen LogP contribution in [0.4, 0.5) is 4.79 Å². The van der Waals surface area contributed by atoms with E-state index >= 15 is 0 Å². The summed E-state index contributed by atoms with van der Waals surface area (Å²) in [5.74, 6) is 5.07. The lowest BCUT2D eigenvalue weighted by Gasteiger charge is -2.21. The quantitative estimate of drug-likeness (QED) is 0.271. The van der Waals surface area contributed by atoms with E-state index in [1.807, 2.05) is 0 Å². The maximum Gasteiger partial charge on any atom is 0.407 e. The summed E-state index contributed by atoms with van der Waals surface area (Å²) in [5, 5.41) is 4.93. The number of hydrogen-bond donors (Lipinski definition) is 2. The molecule has 1 aliphatic rings. The van der Waals surface area contributed by atoms with Gasteiger partial charge in [-0.2, -0.15) is 0 Å². The van der Waals surface area contributed by atoms with Crippen molar-refractivity contribution in [2.24, 2.45) is 7.05 Å². The Morgan fingerprint density at radius 3 is 2.65 bits per heavy atom. The van der Waals surface area contributed by atoms with Gasteiger partial charge in [0.2, 0.25) is 17.7 Å². The molecule has 4 amide bonds. The minimum Gasteiger partial charge on any atom is -0.444 e. The fraction of sp³-hybridized carbons (Fsp3) is 0.536. The molecule has 1 atom stereocenters. The summed E-state index contributed by atoms with van der Waals surface area (Å²) in [6.07, 6.45) is 0.746. The maximum atomic E-state index is 12.9. The molecule has 2 heterocycles. The predicted molar refractivity (Wildman–Crippen MR) is 147 cm³/mol. The molecule has 2 aromatic rings. The fourth-order valence-corrected chi connectivity index (χ4v) is 4.19. The maximum absolute atomic E-state index is 12.9. The first-order valence-corrected chi connectivity index (χ1v) is 13.2. The Bertz CT molecular complexity index is 1390. The highest BCUT2D eigenvalue weighted by Crippen LogP contribution is 2.23. The van der Waals surface area contributed by atoms with Gasteiger partial charge in [0, 0.05) is 45.6 Å². The molecule has 1 fully saturated rings. The van der Waals surface area contributed by atoms with Gasteiger partial charge in [0.1, 0.15) is 18.2 Å².